The van der Waals surface area contributed by atoms with E-state index in [0.29, 0.717) is 6.54 Å². The molecule has 0 fully saturated rings. The molecule has 0 saturated heterocycles. The van der Waals surface area contributed by atoms with E-state index in [1.807, 2.05) is 41.1 Å². The van der Waals surface area contributed by atoms with Crippen molar-refractivity contribution >= 4 is 44.7 Å². The topological polar surface area (TPSA) is 22.0 Å². The zero-order valence-corrected chi connectivity index (χ0v) is 11.0. The summed E-state index contributed by atoms with van der Waals surface area (Å²) in [5.74, 6) is 0. The van der Waals surface area contributed by atoms with E-state index in [9.17, 15) is 4.79 Å². The minimum absolute atomic E-state index is 0. The number of rotatable bonds is 1. The van der Waals surface area contributed by atoms with Crippen LogP contribution < -0.4 is 5.56 Å². The van der Waals surface area contributed by atoms with E-state index < -0.39 is 0 Å². The zero-order valence-electron chi connectivity index (χ0n) is 9.34. The Bertz CT molecular complexity index is 729. The summed E-state index contributed by atoms with van der Waals surface area (Å²) in [6.45, 7) is 2.72. The lowest BCUT2D eigenvalue weighted by Crippen LogP contribution is -2.18. The van der Waals surface area contributed by atoms with Crippen LogP contribution in [0, 0.1) is 0 Å². The molecule has 0 unspecified atom stereocenters. The molecule has 0 saturated carbocycles. The van der Waals surface area contributed by atoms with Gasteiger partial charge in [-0.3, -0.25) is 4.79 Å². The lowest BCUT2D eigenvalue weighted by molar-refractivity contribution is 0.768. The van der Waals surface area contributed by atoms with E-state index in [-0.39, 0.29) is 18.0 Å². The van der Waals surface area contributed by atoms with E-state index in [2.05, 4.69) is 6.07 Å². The number of thiophene rings is 1. The number of nitrogens with zero attached hydrogens (tertiary/aromatic N) is 1. The standard InChI is InChI=1S/C13H11NOS.ClH/c1-2-14-11-6-4-3-5-9(11)10-7-8-16-12(10)13(14)15;/h3-8H,2H2,1H3;1H. The predicted molar refractivity (Wildman–Crippen MR) is 76.5 cm³/mol. The molecule has 0 aliphatic carbocycles. The lowest BCUT2D eigenvalue weighted by atomic mass is 10.1. The highest BCUT2D eigenvalue weighted by molar-refractivity contribution is 7.17. The number of hydrogen-bond acceptors (Lipinski definition) is 2. The molecule has 0 bridgehead atoms. The third-order valence-corrected chi connectivity index (χ3v) is 3.81. The molecule has 3 aromatic rings. The first-order valence-corrected chi connectivity index (χ1v) is 6.19. The van der Waals surface area contributed by atoms with Gasteiger partial charge in [-0.1, -0.05) is 18.2 Å². The fourth-order valence-corrected chi connectivity index (χ4v) is 3.03. The molecular formula is C13H12ClNOS. The van der Waals surface area contributed by atoms with Crippen molar-refractivity contribution in [2.75, 3.05) is 0 Å². The summed E-state index contributed by atoms with van der Waals surface area (Å²) in [5, 5.41) is 4.23. The average Bonchev–Trinajstić information content (AvgIpc) is 2.79. The van der Waals surface area contributed by atoms with Crippen LogP contribution >= 0.6 is 23.7 Å². The molecule has 2 heterocycles. The van der Waals surface area contributed by atoms with Crippen molar-refractivity contribution in [3.8, 4) is 0 Å². The highest BCUT2D eigenvalue weighted by Gasteiger charge is 2.09. The molecule has 3 rings (SSSR count). The quantitative estimate of drug-likeness (QED) is 0.658. The molecule has 0 spiro atoms. The van der Waals surface area contributed by atoms with Gasteiger partial charge in [-0.2, -0.15) is 0 Å². The smallest absolute Gasteiger partial charge is 0.268 e. The van der Waals surface area contributed by atoms with Crippen molar-refractivity contribution in [3.05, 3.63) is 46.1 Å². The summed E-state index contributed by atoms with van der Waals surface area (Å²) >= 11 is 1.52. The Balaban J connectivity index is 0.00000108. The Hall–Kier alpha value is -1.32. The summed E-state index contributed by atoms with van der Waals surface area (Å²) < 4.78 is 2.70. The number of aromatic nitrogens is 1. The van der Waals surface area contributed by atoms with Gasteiger partial charge in [0.2, 0.25) is 0 Å². The molecule has 88 valence electrons. The Kier molecular flexibility index (Phi) is 3.22. The fourth-order valence-electron chi connectivity index (χ4n) is 2.17. The second-order valence-corrected chi connectivity index (χ2v) is 4.65. The maximum absolute atomic E-state index is 12.2. The largest absolute Gasteiger partial charge is 0.307 e. The highest BCUT2D eigenvalue weighted by Crippen LogP contribution is 2.25. The number of hydrogen-bond donors (Lipinski definition) is 0. The number of aryl methyl sites for hydroxylation is 1. The van der Waals surface area contributed by atoms with Crippen LogP contribution in [0.15, 0.2) is 40.5 Å². The van der Waals surface area contributed by atoms with E-state index >= 15 is 0 Å². The number of para-hydroxylation sites is 1. The fraction of sp³-hybridized carbons (Fsp3) is 0.154. The van der Waals surface area contributed by atoms with E-state index in [4.69, 9.17) is 0 Å². The van der Waals surface area contributed by atoms with Crippen LogP contribution in [0.1, 0.15) is 6.92 Å². The zero-order chi connectivity index (χ0) is 11.1. The van der Waals surface area contributed by atoms with Gasteiger partial charge in [0.05, 0.1) is 5.52 Å². The van der Waals surface area contributed by atoms with Crippen molar-refractivity contribution in [1.29, 1.82) is 0 Å². The van der Waals surface area contributed by atoms with Crippen LogP contribution in [0.5, 0.6) is 0 Å². The van der Waals surface area contributed by atoms with E-state index in [1.165, 1.54) is 16.7 Å². The number of halogens is 1. The van der Waals surface area contributed by atoms with Crippen LogP contribution in [0.4, 0.5) is 0 Å². The maximum Gasteiger partial charge on any atom is 0.268 e. The minimum atomic E-state index is 0. The molecule has 0 N–H and O–H groups in total. The summed E-state index contributed by atoms with van der Waals surface area (Å²) in [6, 6.07) is 10.1. The second kappa shape index (κ2) is 4.51. The van der Waals surface area contributed by atoms with E-state index in [1.54, 1.807) is 0 Å². The van der Waals surface area contributed by atoms with Gasteiger partial charge in [-0.15, -0.1) is 23.7 Å². The first-order chi connectivity index (χ1) is 7.83. The molecule has 0 aliphatic heterocycles. The summed E-state index contributed by atoms with van der Waals surface area (Å²) in [5.41, 5.74) is 1.16. The van der Waals surface area contributed by atoms with Gasteiger partial charge in [-0.25, -0.2) is 0 Å². The molecule has 2 nitrogen and oxygen atoms in total. The normalized spacial score (nSPS) is 10.6. The van der Waals surface area contributed by atoms with Crippen molar-refractivity contribution in [2.24, 2.45) is 0 Å². The molecule has 0 atom stereocenters. The lowest BCUT2D eigenvalue weighted by Gasteiger charge is -2.08. The van der Waals surface area contributed by atoms with Gasteiger partial charge in [-0.05, 0) is 24.4 Å². The monoisotopic (exact) mass is 265 g/mol. The molecule has 2 aromatic heterocycles. The van der Waals surface area contributed by atoms with Crippen LogP contribution in [0.25, 0.3) is 21.0 Å². The molecule has 17 heavy (non-hydrogen) atoms. The van der Waals surface area contributed by atoms with Gasteiger partial charge in [0.25, 0.3) is 5.56 Å². The van der Waals surface area contributed by atoms with Crippen LogP contribution in [-0.2, 0) is 6.54 Å². The molecular weight excluding hydrogens is 254 g/mol. The molecule has 0 amide bonds. The van der Waals surface area contributed by atoms with Crippen molar-refractivity contribution < 1.29 is 0 Å². The summed E-state index contributed by atoms with van der Waals surface area (Å²) in [6.07, 6.45) is 0. The Morgan fingerprint density at radius 2 is 1.94 bits per heavy atom. The van der Waals surface area contributed by atoms with Gasteiger partial charge in [0, 0.05) is 17.3 Å². The van der Waals surface area contributed by atoms with Gasteiger partial charge >= 0.3 is 0 Å². The third kappa shape index (κ3) is 1.66. The maximum atomic E-state index is 12.2. The second-order valence-electron chi connectivity index (χ2n) is 3.73. The number of benzene rings is 1. The van der Waals surface area contributed by atoms with Gasteiger partial charge in [0.15, 0.2) is 0 Å². The summed E-state index contributed by atoms with van der Waals surface area (Å²) in [4.78, 5) is 12.2. The number of fused-ring (bicyclic) bond motifs is 3. The average molecular weight is 266 g/mol. The van der Waals surface area contributed by atoms with Gasteiger partial charge in [0.1, 0.15) is 4.70 Å². The first-order valence-electron chi connectivity index (χ1n) is 5.31. The summed E-state index contributed by atoms with van der Waals surface area (Å²) in [7, 11) is 0. The number of pyridine rings is 1. The van der Waals surface area contributed by atoms with Crippen LogP contribution in [-0.4, -0.2) is 4.57 Å². The van der Waals surface area contributed by atoms with E-state index in [0.717, 1.165) is 15.6 Å². The SMILES string of the molecule is CCn1c(=O)c2sccc2c2ccccc21.Cl. The first kappa shape index (κ1) is 12.1. The third-order valence-electron chi connectivity index (χ3n) is 2.91. The van der Waals surface area contributed by atoms with Crippen molar-refractivity contribution in [2.45, 2.75) is 13.5 Å². The molecule has 1 aromatic carbocycles. The Morgan fingerprint density at radius 1 is 1.18 bits per heavy atom. The Labute approximate surface area is 109 Å². The van der Waals surface area contributed by atoms with Gasteiger partial charge < -0.3 is 4.57 Å². The van der Waals surface area contributed by atoms with Crippen molar-refractivity contribution in [1.82, 2.24) is 4.57 Å². The Morgan fingerprint density at radius 3 is 2.71 bits per heavy atom. The predicted octanol–water partition coefficient (Wildman–Crippen LogP) is 3.66. The van der Waals surface area contributed by atoms with Crippen molar-refractivity contribution in [3.63, 3.8) is 0 Å². The molecule has 0 radical (unpaired) electrons. The van der Waals surface area contributed by atoms with Crippen LogP contribution in [0.2, 0.25) is 0 Å². The van der Waals surface area contributed by atoms with Crippen LogP contribution in [0.3, 0.4) is 0 Å². The molecule has 4 heteroatoms. The highest BCUT2D eigenvalue weighted by atomic mass is 35.5. The molecule has 0 aliphatic rings. The minimum Gasteiger partial charge on any atom is -0.307 e.